The van der Waals surface area contributed by atoms with Crippen LogP contribution in [0.15, 0.2) is 12.2 Å². The number of hydrogen-bond acceptors (Lipinski definition) is 4. The standard InChI is InChI=1S/C14H24O2S2/c1-10-8-12(9-14-17-6-3-7-18-14)16-13(4-5-15)11(10)2/h11-15H,1,3-9H2,2H3/t11-,12+,13+/m0/s1. The average Bonchev–Trinajstić information content (AvgIpc) is 2.37. The Morgan fingerprint density at radius 1 is 1.39 bits per heavy atom. The fraction of sp³-hybridized carbons (Fsp3) is 0.857. The molecule has 0 bridgehead atoms. The zero-order chi connectivity index (χ0) is 13.0. The highest BCUT2D eigenvalue weighted by Crippen LogP contribution is 2.38. The monoisotopic (exact) mass is 288 g/mol. The van der Waals surface area contributed by atoms with Crippen molar-refractivity contribution in [3.05, 3.63) is 12.2 Å². The first-order valence-corrected chi connectivity index (χ1v) is 8.97. The average molecular weight is 288 g/mol. The number of hydrogen-bond donors (Lipinski definition) is 1. The van der Waals surface area contributed by atoms with Crippen LogP contribution in [0.3, 0.4) is 0 Å². The second kappa shape index (κ2) is 7.22. The summed E-state index contributed by atoms with van der Waals surface area (Å²) in [5, 5.41) is 9.11. The summed E-state index contributed by atoms with van der Waals surface area (Å²) < 4.78 is 6.86. The van der Waals surface area contributed by atoms with Gasteiger partial charge in [0.15, 0.2) is 0 Å². The van der Waals surface area contributed by atoms with Gasteiger partial charge in [-0.1, -0.05) is 19.1 Å². The number of ether oxygens (including phenoxy) is 1. The zero-order valence-corrected chi connectivity index (χ0v) is 12.8. The van der Waals surface area contributed by atoms with Gasteiger partial charge in [0.1, 0.15) is 0 Å². The van der Waals surface area contributed by atoms with Gasteiger partial charge >= 0.3 is 0 Å². The summed E-state index contributed by atoms with van der Waals surface area (Å²) in [5.41, 5.74) is 1.30. The molecule has 4 heteroatoms. The Balaban J connectivity index is 1.86. The lowest BCUT2D eigenvalue weighted by Crippen LogP contribution is -2.37. The van der Waals surface area contributed by atoms with Crippen LogP contribution in [-0.2, 0) is 4.74 Å². The molecule has 2 aliphatic heterocycles. The normalized spacial score (nSPS) is 34.8. The largest absolute Gasteiger partial charge is 0.396 e. The Labute approximate surface area is 119 Å². The van der Waals surface area contributed by atoms with Crippen LogP contribution in [0.4, 0.5) is 0 Å². The van der Waals surface area contributed by atoms with E-state index in [1.54, 1.807) is 0 Å². The van der Waals surface area contributed by atoms with Crippen LogP contribution in [0.25, 0.3) is 0 Å². The molecule has 2 aliphatic rings. The molecule has 2 heterocycles. The highest BCUT2D eigenvalue weighted by Gasteiger charge is 2.32. The molecule has 3 atom stereocenters. The smallest absolute Gasteiger partial charge is 0.0663 e. The quantitative estimate of drug-likeness (QED) is 0.804. The molecule has 0 radical (unpaired) electrons. The Bertz CT molecular complexity index is 275. The van der Waals surface area contributed by atoms with Gasteiger partial charge in [0, 0.05) is 12.5 Å². The lowest BCUT2D eigenvalue weighted by atomic mass is 9.87. The van der Waals surface area contributed by atoms with Crippen molar-refractivity contribution < 1.29 is 9.84 Å². The first-order chi connectivity index (χ1) is 8.70. The van der Waals surface area contributed by atoms with Crippen LogP contribution in [0, 0.1) is 5.92 Å². The van der Waals surface area contributed by atoms with Gasteiger partial charge in [-0.25, -0.2) is 0 Å². The molecular weight excluding hydrogens is 264 g/mol. The molecule has 0 aromatic heterocycles. The maximum Gasteiger partial charge on any atom is 0.0663 e. The molecule has 0 unspecified atom stereocenters. The molecule has 2 rings (SSSR count). The van der Waals surface area contributed by atoms with Crippen molar-refractivity contribution in [2.45, 2.75) is 49.4 Å². The zero-order valence-electron chi connectivity index (χ0n) is 11.1. The molecule has 0 aromatic carbocycles. The number of aliphatic hydroxyl groups excluding tert-OH is 1. The highest BCUT2D eigenvalue weighted by atomic mass is 32.2. The van der Waals surface area contributed by atoms with Crippen LogP contribution < -0.4 is 0 Å². The molecule has 2 nitrogen and oxygen atoms in total. The van der Waals surface area contributed by atoms with E-state index in [0.717, 1.165) is 19.3 Å². The van der Waals surface area contributed by atoms with Gasteiger partial charge in [-0.3, -0.25) is 0 Å². The van der Waals surface area contributed by atoms with E-state index in [0.29, 0.717) is 16.6 Å². The van der Waals surface area contributed by atoms with Gasteiger partial charge in [-0.15, -0.1) is 23.5 Å². The minimum absolute atomic E-state index is 0.167. The molecule has 1 N–H and O–H groups in total. The van der Waals surface area contributed by atoms with Gasteiger partial charge in [0.05, 0.1) is 16.8 Å². The molecule has 104 valence electrons. The third kappa shape index (κ3) is 3.92. The molecule has 18 heavy (non-hydrogen) atoms. The van der Waals surface area contributed by atoms with Gasteiger partial charge in [-0.2, -0.15) is 0 Å². The van der Waals surface area contributed by atoms with E-state index in [2.05, 4.69) is 37.0 Å². The summed E-state index contributed by atoms with van der Waals surface area (Å²) in [7, 11) is 0. The van der Waals surface area contributed by atoms with Crippen molar-refractivity contribution in [1.29, 1.82) is 0 Å². The molecule has 2 fully saturated rings. The first kappa shape index (κ1) is 14.8. The van der Waals surface area contributed by atoms with E-state index in [-0.39, 0.29) is 12.7 Å². The van der Waals surface area contributed by atoms with Crippen LogP contribution >= 0.6 is 23.5 Å². The summed E-state index contributed by atoms with van der Waals surface area (Å²) in [5.74, 6) is 2.98. The number of rotatable bonds is 4. The predicted molar refractivity (Wildman–Crippen MR) is 81.2 cm³/mol. The minimum Gasteiger partial charge on any atom is -0.396 e. The summed E-state index contributed by atoms with van der Waals surface area (Å²) in [4.78, 5) is 0. The molecular formula is C14H24O2S2. The third-order valence-corrected chi connectivity index (χ3v) is 6.82. The van der Waals surface area contributed by atoms with Gasteiger partial charge < -0.3 is 9.84 Å². The maximum atomic E-state index is 9.11. The summed E-state index contributed by atoms with van der Waals surface area (Å²) in [6, 6.07) is 0. The highest BCUT2D eigenvalue weighted by molar-refractivity contribution is 8.17. The Hall–Kier alpha value is 0.360. The molecule has 2 saturated heterocycles. The Morgan fingerprint density at radius 3 is 2.78 bits per heavy atom. The van der Waals surface area contributed by atoms with E-state index in [1.807, 2.05) is 0 Å². The van der Waals surface area contributed by atoms with Gasteiger partial charge in [0.25, 0.3) is 0 Å². The van der Waals surface area contributed by atoms with Crippen LogP contribution in [0.1, 0.15) is 32.6 Å². The number of aliphatic hydroxyl groups is 1. The third-order valence-electron chi connectivity index (χ3n) is 3.82. The fourth-order valence-corrected chi connectivity index (χ4v) is 5.62. The van der Waals surface area contributed by atoms with Gasteiger partial charge in [0.2, 0.25) is 0 Å². The maximum absolute atomic E-state index is 9.11. The number of thioether (sulfide) groups is 2. The van der Waals surface area contributed by atoms with Crippen molar-refractivity contribution in [2.75, 3.05) is 18.1 Å². The lowest BCUT2D eigenvalue weighted by molar-refractivity contribution is -0.0657. The van der Waals surface area contributed by atoms with Crippen molar-refractivity contribution in [3.63, 3.8) is 0 Å². The van der Waals surface area contributed by atoms with Crippen molar-refractivity contribution in [2.24, 2.45) is 5.92 Å². The summed E-state index contributed by atoms with van der Waals surface area (Å²) in [6.07, 6.45) is 4.69. The second-order valence-electron chi connectivity index (χ2n) is 5.22. The second-order valence-corrected chi connectivity index (χ2v) is 8.14. The van der Waals surface area contributed by atoms with Crippen LogP contribution in [-0.4, -0.2) is 40.0 Å². The SMILES string of the molecule is C=C1C[C@H](CC2SCCCS2)O[C@H](CCO)[C@H]1C. The summed E-state index contributed by atoms with van der Waals surface area (Å²) in [6.45, 7) is 6.58. The van der Waals surface area contributed by atoms with Crippen molar-refractivity contribution in [1.82, 2.24) is 0 Å². The molecule has 0 amide bonds. The predicted octanol–water partition coefficient (Wildman–Crippen LogP) is 3.30. The van der Waals surface area contributed by atoms with E-state index >= 15 is 0 Å². The van der Waals surface area contributed by atoms with Crippen molar-refractivity contribution >= 4 is 23.5 Å². The van der Waals surface area contributed by atoms with E-state index < -0.39 is 0 Å². The topological polar surface area (TPSA) is 29.5 Å². The molecule has 0 aliphatic carbocycles. The lowest BCUT2D eigenvalue weighted by Gasteiger charge is -2.38. The van der Waals surface area contributed by atoms with E-state index in [4.69, 9.17) is 9.84 Å². The first-order valence-electron chi connectivity index (χ1n) is 6.88. The summed E-state index contributed by atoms with van der Waals surface area (Å²) >= 11 is 4.15. The van der Waals surface area contributed by atoms with Gasteiger partial charge in [-0.05, 0) is 37.2 Å². The molecule has 0 saturated carbocycles. The van der Waals surface area contributed by atoms with E-state index in [9.17, 15) is 0 Å². The van der Waals surface area contributed by atoms with E-state index in [1.165, 1.54) is 23.5 Å². The minimum atomic E-state index is 0.167. The Kier molecular flexibility index (Phi) is 5.93. The molecule has 0 aromatic rings. The Morgan fingerprint density at radius 2 is 2.11 bits per heavy atom. The molecule has 0 spiro atoms. The van der Waals surface area contributed by atoms with Crippen molar-refractivity contribution in [3.8, 4) is 0 Å². The fourth-order valence-electron chi connectivity index (χ4n) is 2.63. The van der Waals surface area contributed by atoms with Crippen LogP contribution in [0.5, 0.6) is 0 Å². The van der Waals surface area contributed by atoms with Crippen LogP contribution in [0.2, 0.25) is 0 Å².